The van der Waals surface area contributed by atoms with Gasteiger partial charge in [0.15, 0.2) is 0 Å². The molecule has 0 aromatic carbocycles. The van der Waals surface area contributed by atoms with Crippen molar-refractivity contribution in [3.05, 3.63) is 11.6 Å². The predicted molar refractivity (Wildman–Crippen MR) is 63.2 cm³/mol. The van der Waals surface area contributed by atoms with Crippen molar-refractivity contribution in [2.45, 2.75) is 58.7 Å². The van der Waals surface area contributed by atoms with Crippen LogP contribution in [0.3, 0.4) is 0 Å². The van der Waals surface area contributed by atoms with Gasteiger partial charge < -0.3 is 9.47 Å². The van der Waals surface area contributed by atoms with Crippen LogP contribution in [-0.2, 0) is 14.3 Å². The highest BCUT2D eigenvalue weighted by molar-refractivity contribution is 5.69. The summed E-state index contributed by atoms with van der Waals surface area (Å²) in [7, 11) is 0. The summed E-state index contributed by atoms with van der Waals surface area (Å²) in [5.41, 5.74) is 1.17. The van der Waals surface area contributed by atoms with Crippen molar-refractivity contribution in [2.24, 2.45) is 0 Å². The molecule has 0 amide bonds. The molecule has 0 unspecified atom stereocenters. The summed E-state index contributed by atoms with van der Waals surface area (Å²) in [5.74, 6) is -0.123. The lowest BCUT2D eigenvalue weighted by Crippen LogP contribution is -2.16. The third kappa shape index (κ3) is 3.97. The molecule has 0 saturated carbocycles. The highest BCUT2D eigenvalue weighted by atomic mass is 16.6. The number of rotatable bonds is 6. The molecule has 1 fully saturated rings. The lowest BCUT2D eigenvalue weighted by Gasteiger charge is -2.04. The Labute approximate surface area is 97.8 Å². The van der Waals surface area contributed by atoms with Gasteiger partial charge in [0, 0.05) is 6.42 Å². The molecule has 3 heteroatoms. The van der Waals surface area contributed by atoms with Crippen molar-refractivity contribution in [3.63, 3.8) is 0 Å². The predicted octanol–water partition coefficient (Wildman–Crippen LogP) is 2.84. The number of epoxide rings is 1. The monoisotopic (exact) mass is 226 g/mol. The fraction of sp³-hybridized carbons (Fsp3) is 0.769. The molecule has 0 aliphatic carbocycles. The number of carbonyl (C=O) groups excluding carboxylic acids is 1. The maximum atomic E-state index is 11.2. The molecule has 0 aromatic heterocycles. The van der Waals surface area contributed by atoms with Crippen LogP contribution in [-0.4, -0.2) is 24.3 Å². The minimum absolute atomic E-state index is 0.0731. The first kappa shape index (κ1) is 13.2. The minimum Gasteiger partial charge on any atom is -0.463 e. The van der Waals surface area contributed by atoms with E-state index in [1.807, 2.05) is 6.92 Å². The molecule has 1 aliphatic heterocycles. The molecule has 0 N–H and O–H groups in total. The van der Waals surface area contributed by atoms with Crippen LogP contribution in [0.25, 0.3) is 0 Å². The molecule has 1 rings (SSSR count). The molecule has 3 nitrogen and oxygen atoms in total. The lowest BCUT2D eigenvalue weighted by molar-refractivity contribution is -0.144. The fourth-order valence-corrected chi connectivity index (χ4v) is 1.53. The Kier molecular flexibility index (Phi) is 4.54. The summed E-state index contributed by atoms with van der Waals surface area (Å²) in [6.07, 6.45) is 4.46. The molecule has 0 radical (unpaired) electrons. The fourth-order valence-electron chi connectivity index (χ4n) is 1.53. The number of hydrogen-bond donors (Lipinski definition) is 0. The quantitative estimate of drug-likeness (QED) is 0.397. The van der Waals surface area contributed by atoms with E-state index in [-0.39, 0.29) is 17.7 Å². The molecule has 16 heavy (non-hydrogen) atoms. The zero-order valence-electron chi connectivity index (χ0n) is 10.7. The van der Waals surface area contributed by atoms with Crippen LogP contribution < -0.4 is 0 Å². The van der Waals surface area contributed by atoms with Crippen LogP contribution in [0.2, 0.25) is 0 Å². The summed E-state index contributed by atoms with van der Waals surface area (Å²) < 4.78 is 10.7. The van der Waals surface area contributed by atoms with E-state index >= 15 is 0 Å². The van der Waals surface area contributed by atoms with Gasteiger partial charge >= 0.3 is 5.97 Å². The molecule has 2 atom stereocenters. The third-order valence-electron chi connectivity index (χ3n) is 2.80. The summed E-state index contributed by atoms with van der Waals surface area (Å²) in [6, 6.07) is 0. The SMILES string of the molecule is CCCC(=O)OC[C@@H]1O[C@]1(C)CC=C(C)C. The second-order valence-electron chi connectivity index (χ2n) is 4.84. The van der Waals surface area contributed by atoms with Crippen molar-refractivity contribution in [3.8, 4) is 0 Å². The van der Waals surface area contributed by atoms with E-state index in [0.717, 1.165) is 12.8 Å². The average Bonchev–Trinajstić information content (AvgIpc) is 2.85. The van der Waals surface area contributed by atoms with Crippen molar-refractivity contribution in [2.75, 3.05) is 6.61 Å². The van der Waals surface area contributed by atoms with Gasteiger partial charge in [-0.15, -0.1) is 0 Å². The Morgan fingerprint density at radius 2 is 2.19 bits per heavy atom. The standard InChI is InChI=1S/C13H22O3/c1-5-6-12(14)15-9-11-13(4,16-11)8-7-10(2)3/h7,11H,5-6,8-9H2,1-4H3/t11-,13+/m0/s1. The number of allylic oxidation sites excluding steroid dienone is 1. The molecule has 0 bridgehead atoms. The highest BCUT2D eigenvalue weighted by Crippen LogP contribution is 2.40. The zero-order valence-corrected chi connectivity index (χ0v) is 10.7. The van der Waals surface area contributed by atoms with Gasteiger partial charge in [-0.3, -0.25) is 4.79 Å². The number of hydrogen-bond acceptors (Lipinski definition) is 3. The smallest absolute Gasteiger partial charge is 0.305 e. The highest BCUT2D eigenvalue weighted by Gasteiger charge is 2.51. The van der Waals surface area contributed by atoms with Gasteiger partial charge in [-0.25, -0.2) is 0 Å². The van der Waals surface area contributed by atoms with E-state index in [1.54, 1.807) is 0 Å². The van der Waals surface area contributed by atoms with Gasteiger partial charge in [0.2, 0.25) is 0 Å². The van der Waals surface area contributed by atoms with Gasteiger partial charge in [0.25, 0.3) is 0 Å². The van der Waals surface area contributed by atoms with E-state index in [0.29, 0.717) is 13.0 Å². The van der Waals surface area contributed by atoms with Crippen molar-refractivity contribution in [1.82, 2.24) is 0 Å². The molecule has 1 saturated heterocycles. The normalized spacial score (nSPS) is 27.4. The first-order valence-corrected chi connectivity index (χ1v) is 5.94. The molecular formula is C13H22O3. The maximum absolute atomic E-state index is 11.2. The zero-order chi connectivity index (χ0) is 12.2. The van der Waals surface area contributed by atoms with E-state index in [4.69, 9.17) is 9.47 Å². The minimum atomic E-state index is -0.123. The van der Waals surface area contributed by atoms with E-state index in [2.05, 4.69) is 26.8 Å². The van der Waals surface area contributed by atoms with Crippen LogP contribution in [0.15, 0.2) is 11.6 Å². The molecule has 0 aromatic rings. The molecular weight excluding hydrogens is 204 g/mol. The summed E-state index contributed by atoms with van der Waals surface area (Å²) >= 11 is 0. The molecule has 0 spiro atoms. The summed E-state index contributed by atoms with van der Waals surface area (Å²) in [5, 5.41) is 0. The number of carbonyl (C=O) groups is 1. The first-order chi connectivity index (χ1) is 7.48. The van der Waals surface area contributed by atoms with Crippen molar-refractivity contribution >= 4 is 5.97 Å². The van der Waals surface area contributed by atoms with Gasteiger partial charge in [0.05, 0.1) is 5.60 Å². The first-order valence-electron chi connectivity index (χ1n) is 5.94. The van der Waals surface area contributed by atoms with Crippen LogP contribution >= 0.6 is 0 Å². The molecule has 92 valence electrons. The second-order valence-corrected chi connectivity index (χ2v) is 4.84. The molecule has 1 heterocycles. The Balaban J connectivity index is 2.23. The lowest BCUT2D eigenvalue weighted by atomic mass is 10.0. The van der Waals surface area contributed by atoms with Crippen LogP contribution in [0.1, 0.15) is 47.0 Å². The van der Waals surface area contributed by atoms with Crippen LogP contribution in [0.4, 0.5) is 0 Å². The third-order valence-corrected chi connectivity index (χ3v) is 2.80. The second kappa shape index (κ2) is 5.48. The van der Waals surface area contributed by atoms with E-state index in [9.17, 15) is 4.79 Å². The Hall–Kier alpha value is -0.830. The number of esters is 1. The van der Waals surface area contributed by atoms with Gasteiger partial charge in [0.1, 0.15) is 12.7 Å². The van der Waals surface area contributed by atoms with Crippen LogP contribution in [0.5, 0.6) is 0 Å². The number of ether oxygens (including phenoxy) is 2. The average molecular weight is 226 g/mol. The molecule has 1 aliphatic rings. The van der Waals surface area contributed by atoms with Gasteiger partial charge in [-0.2, -0.15) is 0 Å². The van der Waals surface area contributed by atoms with Gasteiger partial charge in [-0.05, 0) is 33.6 Å². The topological polar surface area (TPSA) is 38.8 Å². The van der Waals surface area contributed by atoms with Crippen molar-refractivity contribution in [1.29, 1.82) is 0 Å². The van der Waals surface area contributed by atoms with Crippen LogP contribution in [0, 0.1) is 0 Å². The Morgan fingerprint density at radius 3 is 2.75 bits per heavy atom. The Bertz CT molecular complexity index is 279. The van der Waals surface area contributed by atoms with E-state index in [1.165, 1.54) is 5.57 Å². The maximum Gasteiger partial charge on any atom is 0.305 e. The van der Waals surface area contributed by atoms with Gasteiger partial charge in [-0.1, -0.05) is 18.6 Å². The Morgan fingerprint density at radius 1 is 1.50 bits per heavy atom. The van der Waals surface area contributed by atoms with Crippen molar-refractivity contribution < 1.29 is 14.3 Å². The summed E-state index contributed by atoms with van der Waals surface area (Å²) in [4.78, 5) is 11.2. The largest absolute Gasteiger partial charge is 0.463 e. The van der Waals surface area contributed by atoms with E-state index < -0.39 is 0 Å². The summed E-state index contributed by atoms with van der Waals surface area (Å²) in [6.45, 7) is 8.56.